The number of halogens is 1. The normalized spacial score (nSPS) is 10.5. The molecule has 1 aromatic heterocycles. The van der Waals surface area contributed by atoms with Gasteiger partial charge in [0.25, 0.3) is 5.91 Å². The molecule has 2 aromatic carbocycles. The van der Waals surface area contributed by atoms with E-state index < -0.39 is 11.7 Å². The van der Waals surface area contributed by atoms with Crippen molar-refractivity contribution in [3.63, 3.8) is 0 Å². The highest BCUT2D eigenvalue weighted by Crippen LogP contribution is 2.35. The number of hydrogen-bond donors (Lipinski definition) is 1. The second kappa shape index (κ2) is 7.53. The summed E-state index contributed by atoms with van der Waals surface area (Å²) in [6.45, 7) is 1.75. The maximum Gasteiger partial charge on any atom is 0.257 e. The summed E-state index contributed by atoms with van der Waals surface area (Å²) < 4.78 is 24.0. The van der Waals surface area contributed by atoms with Gasteiger partial charge in [-0.15, -0.1) is 11.3 Å². The van der Waals surface area contributed by atoms with Gasteiger partial charge in [0, 0.05) is 16.5 Å². The minimum Gasteiger partial charge on any atom is -0.497 e. The number of hydrogen-bond acceptors (Lipinski definition) is 5. The summed E-state index contributed by atoms with van der Waals surface area (Å²) in [5.41, 5.74) is 2.37. The average Bonchev–Trinajstić information content (AvgIpc) is 3.11. The number of amides is 1. The fraction of sp³-hybridized carbons (Fsp3) is 0.158. The van der Waals surface area contributed by atoms with Gasteiger partial charge in [-0.1, -0.05) is 6.07 Å². The molecule has 0 unspecified atom stereocenters. The number of aryl methyl sites for hydroxylation is 1. The lowest BCUT2D eigenvalue weighted by Gasteiger charge is -2.08. The van der Waals surface area contributed by atoms with Crippen molar-refractivity contribution in [3.05, 3.63) is 58.7 Å². The van der Waals surface area contributed by atoms with Gasteiger partial charge in [0.05, 0.1) is 19.9 Å². The van der Waals surface area contributed by atoms with Gasteiger partial charge in [-0.3, -0.25) is 10.1 Å². The molecule has 0 aliphatic carbocycles. The van der Waals surface area contributed by atoms with E-state index in [9.17, 15) is 9.18 Å². The number of carbonyl (C=O) groups is 1. The summed E-state index contributed by atoms with van der Waals surface area (Å²) >= 11 is 1.28. The Morgan fingerprint density at radius 1 is 1.15 bits per heavy atom. The van der Waals surface area contributed by atoms with Crippen molar-refractivity contribution in [1.82, 2.24) is 4.98 Å². The van der Waals surface area contributed by atoms with Crippen molar-refractivity contribution in [2.75, 3.05) is 19.5 Å². The fourth-order valence-corrected chi connectivity index (χ4v) is 3.18. The molecule has 0 aliphatic rings. The molecule has 7 heteroatoms. The van der Waals surface area contributed by atoms with Crippen LogP contribution in [0.15, 0.2) is 41.8 Å². The number of benzene rings is 2. The van der Waals surface area contributed by atoms with Crippen LogP contribution in [0.2, 0.25) is 0 Å². The number of aromatic nitrogens is 1. The molecule has 0 aliphatic heterocycles. The zero-order chi connectivity index (χ0) is 18.7. The van der Waals surface area contributed by atoms with Gasteiger partial charge in [0.2, 0.25) is 0 Å². The van der Waals surface area contributed by atoms with Crippen LogP contribution in [0.25, 0.3) is 11.3 Å². The molecule has 0 atom stereocenters. The Morgan fingerprint density at radius 3 is 2.69 bits per heavy atom. The molecular formula is C19H17FN2O3S. The molecule has 1 N–H and O–H groups in total. The molecule has 26 heavy (non-hydrogen) atoms. The first-order chi connectivity index (χ1) is 12.5. The molecule has 0 saturated carbocycles. The molecule has 0 spiro atoms. The van der Waals surface area contributed by atoms with E-state index in [1.54, 1.807) is 39.3 Å². The molecule has 1 amide bonds. The third-order valence-electron chi connectivity index (χ3n) is 3.85. The Balaban J connectivity index is 1.87. The predicted octanol–water partition coefficient (Wildman–Crippen LogP) is 4.53. The lowest BCUT2D eigenvalue weighted by atomic mass is 10.1. The highest BCUT2D eigenvalue weighted by molar-refractivity contribution is 7.14. The van der Waals surface area contributed by atoms with E-state index in [1.807, 2.05) is 11.4 Å². The number of methoxy groups -OCH3 is 2. The van der Waals surface area contributed by atoms with Gasteiger partial charge in [-0.05, 0) is 42.8 Å². The highest BCUT2D eigenvalue weighted by Gasteiger charge is 2.15. The smallest absolute Gasteiger partial charge is 0.257 e. The number of nitrogens with zero attached hydrogens (tertiary/aromatic N) is 1. The Labute approximate surface area is 154 Å². The maximum absolute atomic E-state index is 13.4. The van der Waals surface area contributed by atoms with E-state index in [0.717, 1.165) is 5.56 Å². The molecule has 3 aromatic rings. The van der Waals surface area contributed by atoms with Gasteiger partial charge in [0.1, 0.15) is 17.3 Å². The van der Waals surface area contributed by atoms with Gasteiger partial charge < -0.3 is 9.47 Å². The van der Waals surface area contributed by atoms with Crippen LogP contribution in [-0.2, 0) is 0 Å². The van der Waals surface area contributed by atoms with Crippen LogP contribution < -0.4 is 14.8 Å². The summed E-state index contributed by atoms with van der Waals surface area (Å²) in [5, 5.41) is 4.94. The van der Waals surface area contributed by atoms with Gasteiger partial charge >= 0.3 is 0 Å². The Morgan fingerprint density at radius 2 is 1.96 bits per heavy atom. The molecule has 0 radical (unpaired) electrons. The fourth-order valence-electron chi connectivity index (χ4n) is 2.47. The highest BCUT2D eigenvalue weighted by atomic mass is 32.1. The lowest BCUT2D eigenvalue weighted by molar-refractivity contribution is 0.102. The van der Waals surface area contributed by atoms with Gasteiger partial charge in [0.15, 0.2) is 5.13 Å². The number of rotatable bonds is 5. The van der Waals surface area contributed by atoms with Crippen molar-refractivity contribution >= 4 is 22.4 Å². The maximum atomic E-state index is 13.4. The van der Waals surface area contributed by atoms with Crippen LogP contribution in [0.1, 0.15) is 15.9 Å². The summed E-state index contributed by atoms with van der Waals surface area (Å²) in [6.07, 6.45) is 0. The van der Waals surface area contributed by atoms with Crippen LogP contribution >= 0.6 is 11.3 Å². The monoisotopic (exact) mass is 372 g/mol. The summed E-state index contributed by atoms with van der Waals surface area (Å²) in [4.78, 5) is 16.8. The molecule has 0 fully saturated rings. The third kappa shape index (κ3) is 3.67. The van der Waals surface area contributed by atoms with E-state index in [0.29, 0.717) is 27.9 Å². The molecule has 1 heterocycles. The lowest BCUT2D eigenvalue weighted by Crippen LogP contribution is -2.13. The van der Waals surface area contributed by atoms with Crippen molar-refractivity contribution < 1.29 is 18.7 Å². The Hall–Kier alpha value is -2.93. The number of carbonyl (C=O) groups excluding carboxylic acids is 1. The van der Waals surface area contributed by atoms with Crippen LogP contribution in [0.3, 0.4) is 0 Å². The van der Waals surface area contributed by atoms with Crippen molar-refractivity contribution in [3.8, 4) is 22.8 Å². The minimum atomic E-state index is -0.457. The standard InChI is InChI=1S/C19H17FN2O3S/c1-11-4-5-12(20)8-14(11)18(23)22-19-21-16(10-26-19)15-9-13(24-2)6-7-17(15)25-3/h4-10H,1-3H3,(H,21,22,23). The zero-order valence-corrected chi connectivity index (χ0v) is 15.3. The Kier molecular flexibility index (Phi) is 5.18. The number of anilines is 1. The van der Waals surface area contributed by atoms with Crippen LogP contribution in [0.5, 0.6) is 11.5 Å². The molecule has 3 rings (SSSR count). The van der Waals surface area contributed by atoms with E-state index in [1.165, 1.54) is 23.5 Å². The molecular weight excluding hydrogens is 355 g/mol. The average molecular weight is 372 g/mol. The molecule has 5 nitrogen and oxygen atoms in total. The number of nitrogens with one attached hydrogen (secondary N) is 1. The number of thiazole rings is 1. The van der Waals surface area contributed by atoms with Crippen molar-refractivity contribution in [1.29, 1.82) is 0 Å². The van der Waals surface area contributed by atoms with E-state index in [2.05, 4.69) is 10.3 Å². The van der Waals surface area contributed by atoms with Crippen LogP contribution in [-0.4, -0.2) is 25.1 Å². The van der Waals surface area contributed by atoms with Crippen molar-refractivity contribution in [2.24, 2.45) is 0 Å². The summed E-state index contributed by atoms with van der Waals surface area (Å²) in [5.74, 6) is 0.465. The first kappa shape index (κ1) is 17.9. The van der Waals surface area contributed by atoms with E-state index >= 15 is 0 Å². The van der Waals surface area contributed by atoms with E-state index in [-0.39, 0.29) is 5.56 Å². The van der Waals surface area contributed by atoms with Gasteiger partial charge in [-0.25, -0.2) is 9.37 Å². The second-order valence-corrected chi connectivity index (χ2v) is 6.38. The van der Waals surface area contributed by atoms with E-state index in [4.69, 9.17) is 9.47 Å². The first-order valence-corrected chi connectivity index (χ1v) is 8.65. The quantitative estimate of drug-likeness (QED) is 0.715. The zero-order valence-electron chi connectivity index (χ0n) is 14.5. The van der Waals surface area contributed by atoms with Crippen molar-refractivity contribution in [2.45, 2.75) is 6.92 Å². The van der Waals surface area contributed by atoms with Crippen LogP contribution in [0, 0.1) is 12.7 Å². The predicted molar refractivity (Wildman–Crippen MR) is 99.7 cm³/mol. The first-order valence-electron chi connectivity index (χ1n) is 7.77. The van der Waals surface area contributed by atoms with Crippen LogP contribution in [0.4, 0.5) is 9.52 Å². The molecule has 134 valence electrons. The number of ether oxygens (including phenoxy) is 2. The third-order valence-corrected chi connectivity index (χ3v) is 4.61. The largest absolute Gasteiger partial charge is 0.497 e. The molecule has 0 bridgehead atoms. The topological polar surface area (TPSA) is 60.5 Å². The second-order valence-electron chi connectivity index (χ2n) is 5.52. The summed E-state index contributed by atoms with van der Waals surface area (Å²) in [7, 11) is 3.16. The van der Waals surface area contributed by atoms with Gasteiger partial charge in [-0.2, -0.15) is 0 Å². The summed E-state index contributed by atoms with van der Waals surface area (Å²) in [6, 6.07) is 9.51. The SMILES string of the molecule is COc1ccc(OC)c(-c2csc(NC(=O)c3cc(F)ccc3C)n2)c1. The molecule has 0 saturated heterocycles. The Bertz CT molecular complexity index is 956. The minimum absolute atomic E-state index is 0.278.